The second kappa shape index (κ2) is 5.92. The topological polar surface area (TPSA) is 44.5 Å². The van der Waals surface area contributed by atoms with Crippen LogP contribution in [0.25, 0.3) is 0 Å². The van der Waals surface area contributed by atoms with Crippen LogP contribution in [0.3, 0.4) is 0 Å². The number of hydrogen-bond acceptors (Lipinski definition) is 5. The first-order valence-electron chi connectivity index (χ1n) is 7.51. The molecule has 3 rings (SSSR count). The van der Waals surface area contributed by atoms with Crippen LogP contribution >= 0.6 is 0 Å². The predicted molar refractivity (Wildman–Crippen MR) is 75.3 cm³/mol. The van der Waals surface area contributed by atoms with Crippen LogP contribution in [-0.2, 0) is 6.54 Å². The number of nitrogens with zero attached hydrogens (tertiary/aromatic N) is 3. The highest BCUT2D eigenvalue weighted by Crippen LogP contribution is 2.24. The Morgan fingerprint density at radius 1 is 1.37 bits per heavy atom. The molecule has 2 aliphatic heterocycles. The molecule has 3 heterocycles. The maximum Gasteiger partial charge on any atom is 0.297 e. The van der Waals surface area contributed by atoms with Crippen molar-refractivity contribution in [3.05, 3.63) is 12.0 Å². The van der Waals surface area contributed by atoms with Gasteiger partial charge in [0.15, 0.2) is 0 Å². The molecule has 1 N–H and O–H groups in total. The van der Waals surface area contributed by atoms with Crippen LogP contribution in [0, 0.1) is 0 Å². The average molecular weight is 264 g/mol. The Balaban J connectivity index is 1.61. The molecule has 0 saturated carbocycles. The van der Waals surface area contributed by atoms with Gasteiger partial charge in [-0.2, -0.15) is 4.98 Å². The van der Waals surface area contributed by atoms with E-state index in [1.165, 1.54) is 25.8 Å². The molecule has 0 aromatic carbocycles. The minimum absolute atomic E-state index is 0.701. The lowest BCUT2D eigenvalue weighted by Gasteiger charge is -2.43. The molecular formula is C14H24N4O. The first-order chi connectivity index (χ1) is 9.36. The number of nitrogens with one attached hydrogen (secondary N) is 1. The number of rotatable bonds is 4. The molecule has 0 radical (unpaired) electrons. The van der Waals surface area contributed by atoms with E-state index in [0.717, 1.165) is 44.4 Å². The average Bonchev–Trinajstić information content (AvgIpc) is 2.93. The summed E-state index contributed by atoms with van der Waals surface area (Å²) in [6, 6.07) is 1.50. The minimum Gasteiger partial charge on any atom is -0.432 e. The molecule has 0 bridgehead atoms. The predicted octanol–water partition coefficient (Wildman–Crippen LogP) is 1.46. The molecule has 1 unspecified atom stereocenters. The van der Waals surface area contributed by atoms with Gasteiger partial charge in [-0.3, -0.25) is 4.90 Å². The molecule has 2 aliphatic rings. The molecule has 0 spiro atoms. The van der Waals surface area contributed by atoms with Gasteiger partial charge in [0.2, 0.25) is 0 Å². The molecule has 2 saturated heterocycles. The van der Waals surface area contributed by atoms with Gasteiger partial charge in [-0.25, -0.2) is 0 Å². The molecule has 106 valence electrons. The van der Waals surface area contributed by atoms with Gasteiger partial charge in [0.25, 0.3) is 6.01 Å². The normalized spacial score (nSPS) is 24.5. The van der Waals surface area contributed by atoms with E-state index in [9.17, 15) is 0 Å². The zero-order valence-corrected chi connectivity index (χ0v) is 11.8. The van der Waals surface area contributed by atoms with Gasteiger partial charge >= 0.3 is 0 Å². The fourth-order valence-electron chi connectivity index (χ4n) is 3.11. The molecule has 5 nitrogen and oxygen atoms in total. The lowest BCUT2D eigenvalue weighted by molar-refractivity contribution is 0.131. The molecular weight excluding hydrogens is 240 g/mol. The van der Waals surface area contributed by atoms with Crippen LogP contribution in [0.1, 0.15) is 31.9 Å². The number of piperazine rings is 1. The standard InChI is InChI=1S/C14H24N4O/c1-2-15-9-12-11-19-14(16-12)18-8-7-17-6-4-3-5-13(17)10-18/h11,13,15H,2-10H2,1H3. The second-order valence-corrected chi connectivity index (χ2v) is 5.53. The van der Waals surface area contributed by atoms with Gasteiger partial charge in [-0.1, -0.05) is 13.3 Å². The second-order valence-electron chi connectivity index (χ2n) is 5.53. The first-order valence-corrected chi connectivity index (χ1v) is 7.51. The summed E-state index contributed by atoms with van der Waals surface area (Å²) in [5, 5.41) is 3.28. The number of piperidine rings is 1. The fraction of sp³-hybridized carbons (Fsp3) is 0.786. The van der Waals surface area contributed by atoms with Crippen LogP contribution in [0.15, 0.2) is 10.7 Å². The van der Waals surface area contributed by atoms with Crippen molar-refractivity contribution in [1.29, 1.82) is 0 Å². The van der Waals surface area contributed by atoms with Gasteiger partial charge in [-0.05, 0) is 25.9 Å². The third-order valence-electron chi connectivity index (χ3n) is 4.20. The number of fused-ring (bicyclic) bond motifs is 1. The van der Waals surface area contributed by atoms with E-state index in [-0.39, 0.29) is 0 Å². The highest BCUT2D eigenvalue weighted by atomic mass is 16.4. The molecule has 5 heteroatoms. The van der Waals surface area contributed by atoms with Crippen LogP contribution in [-0.4, -0.2) is 48.6 Å². The van der Waals surface area contributed by atoms with Gasteiger partial charge in [0.05, 0.1) is 5.69 Å². The van der Waals surface area contributed by atoms with Crippen molar-refractivity contribution in [3.63, 3.8) is 0 Å². The maximum atomic E-state index is 5.64. The quantitative estimate of drug-likeness (QED) is 0.892. The Morgan fingerprint density at radius 3 is 3.21 bits per heavy atom. The third-order valence-corrected chi connectivity index (χ3v) is 4.20. The van der Waals surface area contributed by atoms with Crippen molar-refractivity contribution in [1.82, 2.24) is 15.2 Å². The smallest absolute Gasteiger partial charge is 0.297 e. The van der Waals surface area contributed by atoms with Gasteiger partial charge in [0.1, 0.15) is 6.26 Å². The highest BCUT2D eigenvalue weighted by Gasteiger charge is 2.30. The van der Waals surface area contributed by atoms with E-state index in [2.05, 4.69) is 27.0 Å². The van der Waals surface area contributed by atoms with Crippen LogP contribution in [0.4, 0.5) is 6.01 Å². The van der Waals surface area contributed by atoms with Crippen molar-refractivity contribution < 1.29 is 4.42 Å². The molecule has 0 amide bonds. The number of oxazole rings is 1. The Bertz CT molecular complexity index is 406. The summed E-state index contributed by atoms with van der Waals surface area (Å²) in [6.07, 6.45) is 5.83. The molecule has 1 atom stereocenters. The van der Waals surface area contributed by atoms with Crippen molar-refractivity contribution in [3.8, 4) is 0 Å². The lowest BCUT2D eigenvalue weighted by Crippen LogP contribution is -2.55. The van der Waals surface area contributed by atoms with E-state index in [1.807, 2.05) is 0 Å². The lowest BCUT2D eigenvalue weighted by atomic mass is 10.00. The molecule has 0 aliphatic carbocycles. The zero-order chi connectivity index (χ0) is 13.1. The van der Waals surface area contributed by atoms with E-state index < -0.39 is 0 Å². The van der Waals surface area contributed by atoms with Gasteiger partial charge < -0.3 is 14.6 Å². The first kappa shape index (κ1) is 12.9. The number of anilines is 1. The fourth-order valence-corrected chi connectivity index (χ4v) is 3.11. The number of hydrogen-bond donors (Lipinski definition) is 1. The summed E-state index contributed by atoms with van der Waals surface area (Å²) in [5.41, 5.74) is 1.00. The maximum absolute atomic E-state index is 5.64. The summed E-state index contributed by atoms with van der Waals surface area (Å²) in [7, 11) is 0. The Kier molecular flexibility index (Phi) is 4.03. The van der Waals surface area contributed by atoms with Crippen LogP contribution < -0.4 is 10.2 Å². The minimum atomic E-state index is 0.701. The molecule has 2 fully saturated rings. The molecule has 1 aromatic rings. The van der Waals surface area contributed by atoms with E-state index in [4.69, 9.17) is 4.42 Å². The van der Waals surface area contributed by atoms with Gasteiger partial charge in [-0.15, -0.1) is 0 Å². The number of aromatic nitrogens is 1. The Labute approximate surface area is 115 Å². The summed E-state index contributed by atoms with van der Waals surface area (Å²) in [5.74, 6) is 0. The van der Waals surface area contributed by atoms with Crippen molar-refractivity contribution >= 4 is 6.01 Å². The molecule has 19 heavy (non-hydrogen) atoms. The Hall–Kier alpha value is -1.07. The van der Waals surface area contributed by atoms with Crippen molar-refractivity contribution in [2.45, 2.75) is 38.8 Å². The van der Waals surface area contributed by atoms with Gasteiger partial charge in [0, 0.05) is 32.2 Å². The highest BCUT2D eigenvalue weighted by molar-refractivity contribution is 5.29. The summed E-state index contributed by atoms with van der Waals surface area (Å²) >= 11 is 0. The SMILES string of the molecule is CCNCc1coc(N2CCN3CCCCC3C2)n1. The monoisotopic (exact) mass is 264 g/mol. The van der Waals surface area contributed by atoms with Crippen molar-refractivity contribution in [2.24, 2.45) is 0 Å². The third kappa shape index (κ3) is 2.92. The van der Waals surface area contributed by atoms with Crippen LogP contribution in [0.2, 0.25) is 0 Å². The van der Waals surface area contributed by atoms with Crippen molar-refractivity contribution in [2.75, 3.05) is 37.6 Å². The van der Waals surface area contributed by atoms with E-state index >= 15 is 0 Å². The largest absolute Gasteiger partial charge is 0.432 e. The van der Waals surface area contributed by atoms with E-state index in [0.29, 0.717) is 6.04 Å². The van der Waals surface area contributed by atoms with Crippen LogP contribution in [0.5, 0.6) is 0 Å². The zero-order valence-electron chi connectivity index (χ0n) is 11.8. The Morgan fingerprint density at radius 2 is 2.32 bits per heavy atom. The van der Waals surface area contributed by atoms with E-state index in [1.54, 1.807) is 6.26 Å². The summed E-state index contributed by atoms with van der Waals surface area (Å²) in [6.45, 7) is 8.39. The summed E-state index contributed by atoms with van der Waals surface area (Å²) in [4.78, 5) is 9.52. The summed E-state index contributed by atoms with van der Waals surface area (Å²) < 4.78 is 5.64. The molecule has 1 aromatic heterocycles.